The lowest BCUT2D eigenvalue weighted by atomic mass is 10.00. The first-order chi connectivity index (χ1) is 3.61. The highest BCUT2D eigenvalue weighted by molar-refractivity contribution is 14.4. The van der Waals surface area contributed by atoms with E-state index in [1.54, 1.807) is 0 Å². The highest BCUT2D eigenvalue weighted by Crippen LogP contribution is 2.51. The lowest BCUT2D eigenvalue weighted by Crippen LogP contribution is -2.23. The van der Waals surface area contributed by atoms with Gasteiger partial charge < -0.3 is 0 Å². The summed E-state index contributed by atoms with van der Waals surface area (Å²) < 4.78 is -0.764. The molecule has 0 N–H and O–H groups in total. The standard InChI is InChI=1S/C4H7I3Si/c5-8(6,7)4-2-1-3-4/h4H,1-3H2. The van der Waals surface area contributed by atoms with Gasteiger partial charge in [0.2, 0.25) is 0 Å². The molecule has 0 aliphatic heterocycles. The van der Waals surface area contributed by atoms with Gasteiger partial charge in [-0.05, 0) is 5.54 Å². The summed E-state index contributed by atoms with van der Waals surface area (Å²) >= 11 is 8.00. The van der Waals surface area contributed by atoms with Crippen LogP contribution in [-0.4, -0.2) is 0.564 Å². The van der Waals surface area contributed by atoms with Crippen LogP contribution in [0.1, 0.15) is 19.3 Å². The van der Waals surface area contributed by atoms with Crippen LogP contribution in [0.4, 0.5) is 0 Å². The first kappa shape index (κ1) is 8.50. The van der Waals surface area contributed by atoms with Crippen molar-refractivity contribution in [1.82, 2.24) is 0 Å². The van der Waals surface area contributed by atoms with Crippen LogP contribution in [0.2, 0.25) is 5.54 Å². The second-order valence-electron chi connectivity index (χ2n) is 2.17. The van der Waals surface area contributed by atoms with E-state index in [1.165, 1.54) is 19.3 Å². The molecule has 0 aromatic carbocycles. The Morgan fingerprint density at radius 1 is 1.12 bits per heavy atom. The van der Waals surface area contributed by atoms with Crippen molar-refractivity contribution in [2.75, 3.05) is 0 Å². The maximum absolute atomic E-state index is 2.67. The summed E-state index contributed by atoms with van der Waals surface area (Å²) in [5, 5.41) is 0. The summed E-state index contributed by atoms with van der Waals surface area (Å²) in [4.78, 5) is 0. The van der Waals surface area contributed by atoms with Crippen molar-refractivity contribution < 1.29 is 0 Å². The van der Waals surface area contributed by atoms with Crippen LogP contribution in [0.3, 0.4) is 0 Å². The maximum atomic E-state index is 2.67. The van der Waals surface area contributed by atoms with E-state index in [0.29, 0.717) is 0 Å². The Hall–Kier alpha value is 2.41. The Labute approximate surface area is 89.2 Å². The average Bonchev–Trinajstić information content (AvgIpc) is 1.16. The van der Waals surface area contributed by atoms with Crippen LogP contribution in [-0.2, 0) is 0 Å². The fourth-order valence-electron chi connectivity index (χ4n) is 0.736. The minimum atomic E-state index is -0.764. The molecule has 4 heteroatoms. The summed E-state index contributed by atoms with van der Waals surface area (Å²) in [6, 6.07) is 0. The minimum absolute atomic E-state index is 0.764. The molecule has 0 bridgehead atoms. The molecule has 0 amide bonds. The van der Waals surface area contributed by atoms with Gasteiger partial charge >= 0.3 is 0 Å². The van der Waals surface area contributed by atoms with Crippen LogP contribution in [0.25, 0.3) is 0 Å². The van der Waals surface area contributed by atoms with E-state index in [9.17, 15) is 0 Å². The molecule has 0 nitrogen and oxygen atoms in total. The zero-order valence-corrected chi connectivity index (χ0v) is 11.8. The summed E-state index contributed by atoms with van der Waals surface area (Å²) in [5.41, 5.74) is 1.13. The van der Waals surface area contributed by atoms with Crippen molar-refractivity contribution in [2.24, 2.45) is 0 Å². The fraction of sp³-hybridized carbons (Fsp3) is 1.00. The van der Waals surface area contributed by atoms with Gasteiger partial charge in [-0.2, -0.15) is 0 Å². The molecule has 0 atom stereocenters. The van der Waals surface area contributed by atoms with Gasteiger partial charge in [0, 0.05) is 0 Å². The molecule has 1 aliphatic carbocycles. The average molecular weight is 464 g/mol. The van der Waals surface area contributed by atoms with E-state index in [0.717, 1.165) is 5.54 Å². The molecule has 0 saturated heterocycles. The third-order valence-corrected chi connectivity index (χ3v) is 11.0. The maximum Gasteiger partial charge on any atom is 0.256 e. The Bertz CT molecular complexity index is 83.8. The van der Waals surface area contributed by atoms with E-state index in [4.69, 9.17) is 0 Å². The van der Waals surface area contributed by atoms with Crippen molar-refractivity contribution >= 4 is 66.0 Å². The monoisotopic (exact) mass is 464 g/mol. The van der Waals surface area contributed by atoms with E-state index >= 15 is 0 Å². The first-order valence-corrected chi connectivity index (χ1v) is 14.1. The predicted molar refractivity (Wildman–Crippen MR) is 65.4 cm³/mol. The molecule has 0 spiro atoms. The van der Waals surface area contributed by atoms with Crippen LogP contribution in [0.5, 0.6) is 0 Å². The van der Waals surface area contributed by atoms with Crippen molar-refractivity contribution in [1.29, 1.82) is 0 Å². The van der Waals surface area contributed by atoms with E-state index < -0.39 is 0.564 Å². The summed E-state index contributed by atoms with van der Waals surface area (Å²) in [5.74, 6) is 0. The van der Waals surface area contributed by atoms with Crippen molar-refractivity contribution in [3.05, 3.63) is 0 Å². The van der Waals surface area contributed by atoms with Gasteiger partial charge in [0.05, 0.1) is 0 Å². The molecular weight excluding hydrogens is 457 g/mol. The SMILES string of the molecule is I[Si](I)(I)C1CCC1. The predicted octanol–water partition coefficient (Wildman–Crippen LogP) is 3.78. The Kier molecular flexibility index (Phi) is 3.40. The summed E-state index contributed by atoms with van der Waals surface area (Å²) in [6.45, 7) is 0. The van der Waals surface area contributed by atoms with Crippen LogP contribution in [0.15, 0.2) is 0 Å². The third kappa shape index (κ3) is 2.22. The Morgan fingerprint density at radius 3 is 1.62 bits per heavy atom. The van der Waals surface area contributed by atoms with Gasteiger partial charge in [0.25, 0.3) is 0.564 Å². The largest absolute Gasteiger partial charge is 0.256 e. The molecule has 8 heavy (non-hydrogen) atoms. The zero-order valence-electron chi connectivity index (χ0n) is 4.33. The quantitative estimate of drug-likeness (QED) is 0.315. The first-order valence-electron chi connectivity index (χ1n) is 2.67. The molecule has 1 fully saturated rings. The second kappa shape index (κ2) is 3.20. The van der Waals surface area contributed by atoms with E-state index in [-0.39, 0.29) is 0 Å². The Balaban J connectivity index is 2.34. The molecule has 48 valence electrons. The smallest absolute Gasteiger partial charge is 0.0907 e. The summed E-state index contributed by atoms with van der Waals surface area (Å²) in [6.07, 6.45) is 4.52. The number of hydrogen-bond donors (Lipinski definition) is 0. The van der Waals surface area contributed by atoms with Crippen molar-refractivity contribution in [3.63, 3.8) is 0 Å². The number of rotatable bonds is 1. The molecule has 1 rings (SSSR count). The van der Waals surface area contributed by atoms with Crippen molar-refractivity contribution in [2.45, 2.75) is 24.8 Å². The van der Waals surface area contributed by atoms with Gasteiger partial charge in [-0.15, -0.1) is 0 Å². The van der Waals surface area contributed by atoms with Gasteiger partial charge in [-0.1, -0.05) is 84.7 Å². The third-order valence-electron chi connectivity index (χ3n) is 1.57. The lowest BCUT2D eigenvalue weighted by molar-refractivity contribution is 0.502. The minimum Gasteiger partial charge on any atom is -0.0907 e. The van der Waals surface area contributed by atoms with Crippen molar-refractivity contribution in [3.8, 4) is 0 Å². The molecule has 1 aliphatic rings. The molecule has 0 unspecified atom stereocenters. The molecule has 0 radical (unpaired) electrons. The topological polar surface area (TPSA) is 0 Å². The van der Waals surface area contributed by atoms with Gasteiger partial charge in [-0.3, -0.25) is 0 Å². The molecule has 0 heterocycles. The van der Waals surface area contributed by atoms with Gasteiger partial charge in [0.1, 0.15) is 0 Å². The molecular formula is C4H7I3Si. The highest BCUT2D eigenvalue weighted by Gasteiger charge is 2.37. The van der Waals surface area contributed by atoms with E-state index in [2.05, 4.69) is 65.4 Å². The van der Waals surface area contributed by atoms with Crippen LogP contribution < -0.4 is 0 Å². The number of halogens is 3. The van der Waals surface area contributed by atoms with E-state index in [1.807, 2.05) is 0 Å². The normalized spacial score (nSPS) is 22.9. The second-order valence-corrected chi connectivity index (χ2v) is 38.0. The lowest BCUT2D eigenvalue weighted by Gasteiger charge is -2.31. The molecule has 0 aromatic heterocycles. The Morgan fingerprint density at radius 2 is 1.62 bits per heavy atom. The zero-order chi connectivity index (χ0) is 6.20. The fourth-order valence-corrected chi connectivity index (χ4v) is 7.40. The number of hydrogen-bond acceptors (Lipinski definition) is 0. The van der Waals surface area contributed by atoms with Crippen LogP contribution in [0, 0.1) is 0 Å². The van der Waals surface area contributed by atoms with Gasteiger partial charge in [0.15, 0.2) is 0 Å². The highest BCUT2D eigenvalue weighted by atomic mass is 127. The summed E-state index contributed by atoms with van der Waals surface area (Å²) in [7, 11) is 0. The molecule has 1 saturated carbocycles. The van der Waals surface area contributed by atoms with Crippen LogP contribution >= 0.6 is 65.4 Å². The van der Waals surface area contributed by atoms with Gasteiger partial charge in [-0.25, -0.2) is 0 Å². The molecule has 0 aromatic rings.